The molecule has 1 aliphatic heterocycles. The lowest BCUT2D eigenvalue weighted by molar-refractivity contribution is 0.727. The summed E-state index contributed by atoms with van der Waals surface area (Å²) in [6.07, 6.45) is 4.84. The van der Waals surface area contributed by atoms with Crippen molar-refractivity contribution in [2.75, 3.05) is 11.4 Å². The summed E-state index contributed by atoms with van der Waals surface area (Å²) in [6, 6.07) is 10.6. The molecule has 0 unspecified atom stereocenters. The van der Waals surface area contributed by atoms with Gasteiger partial charge >= 0.3 is 0 Å². The van der Waals surface area contributed by atoms with E-state index in [1.807, 2.05) is 18.5 Å². The molecule has 1 aromatic carbocycles. The quantitative estimate of drug-likeness (QED) is 0.800. The van der Waals surface area contributed by atoms with E-state index in [0.717, 1.165) is 19.5 Å². The molecule has 0 fully saturated rings. The molecule has 3 rings (SSSR count). The summed E-state index contributed by atoms with van der Waals surface area (Å²) in [5, 5.41) is 0. The maximum absolute atomic E-state index is 4.18. The van der Waals surface area contributed by atoms with Gasteiger partial charge in [0.05, 0.1) is 11.9 Å². The Morgan fingerprint density at radius 3 is 2.94 bits per heavy atom. The maximum Gasteiger partial charge on any atom is 0.0555 e. The molecule has 0 saturated carbocycles. The zero-order chi connectivity index (χ0) is 11.7. The summed E-state index contributed by atoms with van der Waals surface area (Å²) in [6.45, 7) is 2.03. The van der Waals surface area contributed by atoms with Crippen molar-refractivity contribution in [2.24, 2.45) is 0 Å². The Bertz CT molecular complexity index is 525. The Kier molecular flexibility index (Phi) is 2.85. The van der Waals surface area contributed by atoms with Crippen LogP contribution in [0.4, 0.5) is 5.69 Å². The number of halogens is 1. The predicted molar refractivity (Wildman–Crippen MR) is 73.1 cm³/mol. The van der Waals surface area contributed by atoms with E-state index < -0.39 is 0 Å². The van der Waals surface area contributed by atoms with Crippen molar-refractivity contribution in [3.05, 3.63) is 58.3 Å². The summed E-state index contributed by atoms with van der Waals surface area (Å²) in [5.41, 5.74) is 4.07. The minimum absolute atomic E-state index is 0.973. The largest absolute Gasteiger partial charge is 0.366 e. The standard InChI is InChI=1S/C14H13BrN2/c15-14-5-1-3-11-10-17(8-6-13(11)14)12-4-2-7-16-9-12/h1-5,7,9H,6,8,10H2. The second-order valence-electron chi connectivity index (χ2n) is 4.26. The van der Waals surface area contributed by atoms with Crippen molar-refractivity contribution in [2.45, 2.75) is 13.0 Å². The third-order valence-corrected chi connectivity index (χ3v) is 3.96. The van der Waals surface area contributed by atoms with Gasteiger partial charge in [0.15, 0.2) is 0 Å². The van der Waals surface area contributed by atoms with Crippen LogP contribution in [-0.2, 0) is 13.0 Å². The first-order valence-electron chi connectivity index (χ1n) is 5.76. The Hall–Kier alpha value is -1.35. The van der Waals surface area contributed by atoms with Crippen LogP contribution in [0.5, 0.6) is 0 Å². The van der Waals surface area contributed by atoms with E-state index in [-0.39, 0.29) is 0 Å². The van der Waals surface area contributed by atoms with Crippen molar-refractivity contribution in [1.29, 1.82) is 0 Å². The first-order valence-corrected chi connectivity index (χ1v) is 6.55. The number of rotatable bonds is 1. The fraction of sp³-hybridized carbons (Fsp3) is 0.214. The molecule has 0 bridgehead atoms. The fourth-order valence-electron chi connectivity index (χ4n) is 2.32. The van der Waals surface area contributed by atoms with Crippen molar-refractivity contribution < 1.29 is 0 Å². The lowest BCUT2D eigenvalue weighted by atomic mass is 9.99. The molecule has 2 heterocycles. The highest BCUT2D eigenvalue weighted by Crippen LogP contribution is 2.28. The first kappa shape index (κ1) is 10.8. The van der Waals surface area contributed by atoms with Gasteiger partial charge in [-0.25, -0.2) is 0 Å². The maximum atomic E-state index is 4.18. The smallest absolute Gasteiger partial charge is 0.0555 e. The number of nitrogens with zero attached hydrogens (tertiary/aromatic N) is 2. The van der Waals surface area contributed by atoms with Crippen molar-refractivity contribution in [1.82, 2.24) is 4.98 Å². The number of pyridine rings is 1. The predicted octanol–water partition coefficient (Wildman–Crippen LogP) is 3.41. The number of aromatic nitrogens is 1. The molecule has 2 nitrogen and oxygen atoms in total. The molecule has 0 saturated heterocycles. The number of hydrogen-bond donors (Lipinski definition) is 0. The summed E-state index contributed by atoms with van der Waals surface area (Å²) in [4.78, 5) is 6.56. The van der Waals surface area contributed by atoms with E-state index >= 15 is 0 Å². The van der Waals surface area contributed by atoms with Crippen LogP contribution in [0.3, 0.4) is 0 Å². The van der Waals surface area contributed by atoms with Crippen LogP contribution >= 0.6 is 15.9 Å². The molecule has 86 valence electrons. The number of fused-ring (bicyclic) bond motifs is 1. The van der Waals surface area contributed by atoms with Gasteiger partial charge in [-0.05, 0) is 35.7 Å². The topological polar surface area (TPSA) is 16.1 Å². The highest BCUT2D eigenvalue weighted by Gasteiger charge is 2.17. The summed E-state index contributed by atoms with van der Waals surface area (Å²) >= 11 is 3.63. The van der Waals surface area contributed by atoms with Crippen LogP contribution < -0.4 is 4.90 Å². The zero-order valence-corrected chi connectivity index (χ0v) is 11.0. The van der Waals surface area contributed by atoms with E-state index in [4.69, 9.17) is 0 Å². The third-order valence-electron chi connectivity index (χ3n) is 3.22. The number of anilines is 1. The Morgan fingerprint density at radius 2 is 2.12 bits per heavy atom. The minimum Gasteiger partial charge on any atom is -0.366 e. The lowest BCUT2D eigenvalue weighted by Gasteiger charge is -2.30. The van der Waals surface area contributed by atoms with Gasteiger partial charge in [0.2, 0.25) is 0 Å². The average molecular weight is 289 g/mol. The van der Waals surface area contributed by atoms with Crippen LogP contribution in [0.15, 0.2) is 47.2 Å². The Balaban J connectivity index is 1.91. The van der Waals surface area contributed by atoms with E-state index in [0.29, 0.717) is 0 Å². The monoisotopic (exact) mass is 288 g/mol. The van der Waals surface area contributed by atoms with Gasteiger partial charge in [0.25, 0.3) is 0 Å². The van der Waals surface area contributed by atoms with Crippen LogP contribution in [0.1, 0.15) is 11.1 Å². The fourth-order valence-corrected chi connectivity index (χ4v) is 2.93. The van der Waals surface area contributed by atoms with Gasteiger partial charge in [-0.3, -0.25) is 4.98 Å². The van der Waals surface area contributed by atoms with Crippen molar-refractivity contribution in [3.63, 3.8) is 0 Å². The minimum atomic E-state index is 0.973. The van der Waals surface area contributed by atoms with E-state index in [9.17, 15) is 0 Å². The average Bonchev–Trinajstić information content (AvgIpc) is 2.40. The molecule has 2 aromatic rings. The van der Waals surface area contributed by atoms with Crippen LogP contribution in [0, 0.1) is 0 Å². The van der Waals surface area contributed by atoms with Crippen molar-refractivity contribution >= 4 is 21.6 Å². The van der Waals surface area contributed by atoms with Crippen LogP contribution in [0.25, 0.3) is 0 Å². The molecule has 0 atom stereocenters. The lowest BCUT2D eigenvalue weighted by Crippen LogP contribution is -2.30. The third kappa shape index (κ3) is 2.07. The molecule has 1 aromatic heterocycles. The molecular weight excluding hydrogens is 276 g/mol. The Labute approximate surface area is 109 Å². The summed E-state index contributed by atoms with van der Waals surface area (Å²) in [7, 11) is 0. The number of hydrogen-bond acceptors (Lipinski definition) is 2. The van der Waals surface area contributed by atoms with Gasteiger partial charge in [0.1, 0.15) is 0 Å². The highest BCUT2D eigenvalue weighted by atomic mass is 79.9. The highest BCUT2D eigenvalue weighted by molar-refractivity contribution is 9.10. The van der Waals surface area contributed by atoms with Gasteiger partial charge in [-0.2, -0.15) is 0 Å². The van der Waals surface area contributed by atoms with Crippen LogP contribution in [-0.4, -0.2) is 11.5 Å². The molecule has 0 radical (unpaired) electrons. The molecule has 3 heteroatoms. The number of benzene rings is 1. The van der Waals surface area contributed by atoms with E-state index in [1.54, 1.807) is 0 Å². The van der Waals surface area contributed by atoms with E-state index in [2.05, 4.69) is 50.1 Å². The van der Waals surface area contributed by atoms with Gasteiger partial charge < -0.3 is 4.90 Å². The van der Waals surface area contributed by atoms with Crippen molar-refractivity contribution in [3.8, 4) is 0 Å². The van der Waals surface area contributed by atoms with Gasteiger partial charge in [0, 0.05) is 23.8 Å². The summed E-state index contributed by atoms with van der Waals surface area (Å²) in [5.74, 6) is 0. The van der Waals surface area contributed by atoms with Gasteiger partial charge in [-0.15, -0.1) is 0 Å². The molecule has 0 spiro atoms. The van der Waals surface area contributed by atoms with Gasteiger partial charge in [-0.1, -0.05) is 28.1 Å². The van der Waals surface area contributed by atoms with E-state index in [1.165, 1.54) is 21.3 Å². The summed E-state index contributed by atoms with van der Waals surface area (Å²) < 4.78 is 1.24. The normalized spacial score (nSPS) is 14.5. The SMILES string of the molecule is Brc1cccc2c1CCN(c1cccnc1)C2. The molecule has 0 aliphatic carbocycles. The zero-order valence-electron chi connectivity index (χ0n) is 9.44. The molecule has 1 aliphatic rings. The first-order chi connectivity index (χ1) is 8.34. The molecule has 17 heavy (non-hydrogen) atoms. The molecular formula is C14H13BrN2. The Morgan fingerprint density at radius 1 is 1.18 bits per heavy atom. The molecule has 0 amide bonds. The molecule has 0 N–H and O–H groups in total. The second kappa shape index (κ2) is 4.49. The second-order valence-corrected chi connectivity index (χ2v) is 5.11. The van der Waals surface area contributed by atoms with Crippen LogP contribution in [0.2, 0.25) is 0 Å².